The quantitative estimate of drug-likeness (QED) is 0.844. The van der Waals surface area contributed by atoms with Crippen LogP contribution in [0.4, 0.5) is 0 Å². The Labute approximate surface area is 120 Å². The molecule has 1 aliphatic heterocycles. The minimum absolute atomic E-state index is 0.0556. The molecule has 2 rings (SSSR count). The molecule has 0 aliphatic carbocycles. The van der Waals surface area contributed by atoms with Gasteiger partial charge in [0.15, 0.2) is 0 Å². The van der Waals surface area contributed by atoms with Crippen LogP contribution in [0.1, 0.15) is 18.0 Å². The zero-order chi connectivity index (χ0) is 14.4. The topological polar surface area (TPSA) is 54.0 Å². The summed E-state index contributed by atoms with van der Waals surface area (Å²) in [6, 6.07) is 5.67. The second kappa shape index (κ2) is 7.47. The first-order valence-corrected chi connectivity index (χ1v) is 7.07. The number of rotatable bonds is 5. The molecule has 20 heavy (non-hydrogen) atoms. The molecule has 1 heterocycles. The van der Waals surface area contributed by atoms with Crippen LogP contribution in [0.15, 0.2) is 18.2 Å². The lowest BCUT2D eigenvalue weighted by molar-refractivity contribution is 0.127. The van der Waals surface area contributed by atoms with Gasteiger partial charge in [-0.25, -0.2) is 0 Å². The van der Waals surface area contributed by atoms with Crippen molar-refractivity contribution < 1.29 is 14.6 Å². The molecule has 0 bridgehead atoms. The van der Waals surface area contributed by atoms with Crippen molar-refractivity contribution >= 4 is 0 Å². The normalized spacial score (nSPS) is 18.4. The molecule has 0 saturated carbocycles. The fourth-order valence-corrected chi connectivity index (χ4v) is 2.69. The van der Waals surface area contributed by atoms with E-state index in [1.807, 2.05) is 18.2 Å². The van der Waals surface area contributed by atoms with Gasteiger partial charge in [-0.05, 0) is 31.2 Å². The van der Waals surface area contributed by atoms with E-state index in [4.69, 9.17) is 9.47 Å². The van der Waals surface area contributed by atoms with Gasteiger partial charge in [-0.1, -0.05) is 0 Å². The summed E-state index contributed by atoms with van der Waals surface area (Å²) >= 11 is 0. The first-order valence-electron chi connectivity index (χ1n) is 7.07. The van der Waals surface area contributed by atoms with Crippen molar-refractivity contribution in [3.63, 3.8) is 0 Å². The molecule has 1 aliphatic rings. The summed E-state index contributed by atoms with van der Waals surface area (Å²) in [7, 11) is 3.30. The molecule has 0 amide bonds. The molecule has 1 aromatic carbocycles. The Kier molecular flexibility index (Phi) is 5.64. The van der Waals surface area contributed by atoms with Gasteiger partial charge in [0.05, 0.1) is 26.9 Å². The number of nitrogens with zero attached hydrogens (tertiary/aromatic N) is 1. The van der Waals surface area contributed by atoms with E-state index in [1.54, 1.807) is 14.2 Å². The molecule has 2 N–H and O–H groups in total. The molecule has 0 spiro atoms. The average molecular weight is 280 g/mol. The molecule has 1 fully saturated rings. The highest BCUT2D eigenvalue weighted by molar-refractivity contribution is 5.42. The highest BCUT2D eigenvalue weighted by Gasteiger charge is 2.24. The Bertz CT molecular complexity index is 418. The van der Waals surface area contributed by atoms with Gasteiger partial charge in [0, 0.05) is 25.2 Å². The monoisotopic (exact) mass is 280 g/mol. The van der Waals surface area contributed by atoms with Crippen molar-refractivity contribution in [1.29, 1.82) is 0 Å². The second-order valence-electron chi connectivity index (χ2n) is 4.95. The lowest BCUT2D eigenvalue weighted by Gasteiger charge is -2.30. The van der Waals surface area contributed by atoms with Crippen molar-refractivity contribution in [2.45, 2.75) is 12.5 Å². The smallest absolute Gasteiger partial charge is 0.124 e. The van der Waals surface area contributed by atoms with Gasteiger partial charge in [-0.15, -0.1) is 0 Å². The molecule has 1 saturated heterocycles. The highest BCUT2D eigenvalue weighted by atomic mass is 16.5. The maximum absolute atomic E-state index is 9.85. The van der Waals surface area contributed by atoms with E-state index in [-0.39, 0.29) is 12.6 Å². The van der Waals surface area contributed by atoms with Gasteiger partial charge in [0.2, 0.25) is 0 Å². The third-order valence-corrected chi connectivity index (χ3v) is 3.78. The summed E-state index contributed by atoms with van der Waals surface area (Å²) in [6.07, 6.45) is 1.09. The molecular formula is C15H24N2O3. The fourth-order valence-electron chi connectivity index (χ4n) is 2.69. The van der Waals surface area contributed by atoms with Gasteiger partial charge < -0.3 is 19.9 Å². The predicted molar refractivity (Wildman–Crippen MR) is 78.4 cm³/mol. The lowest BCUT2D eigenvalue weighted by Crippen LogP contribution is -2.34. The van der Waals surface area contributed by atoms with Crippen molar-refractivity contribution in [2.75, 3.05) is 47.0 Å². The van der Waals surface area contributed by atoms with Gasteiger partial charge in [0.25, 0.3) is 0 Å². The van der Waals surface area contributed by atoms with E-state index in [2.05, 4.69) is 10.2 Å². The standard InChI is InChI=1S/C15H24N2O3/c1-19-12-4-5-15(20-2)13(10-12)14(11-18)17-8-3-6-16-7-9-17/h4-5,10,14,16,18H,3,6-9,11H2,1-2H3. The number of nitrogens with one attached hydrogen (secondary N) is 1. The largest absolute Gasteiger partial charge is 0.497 e. The van der Waals surface area contributed by atoms with Crippen LogP contribution in [0.5, 0.6) is 11.5 Å². The Morgan fingerprint density at radius 1 is 1.25 bits per heavy atom. The zero-order valence-electron chi connectivity index (χ0n) is 12.3. The number of benzene rings is 1. The van der Waals surface area contributed by atoms with Gasteiger partial charge in [-0.3, -0.25) is 4.90 Å². The van der Waals surface area contributed by atoms with Gasteiger partial charge in [-0.2, -0.15) is 0 Å². The van der Waals surface area contributed by atoms with Gasteiger partial charge in [0.1, 0.15) is 11.5 Å². The van der Waals surface area contributed by atoms with Crippen LogP contribution in [0.3, 0.4) is 0 Å². The van der Waals surface area contributed by atoms with Crippen LogP contribution in [0.2, 0.25) is 0 Å². The van der Waals surface area contributed by atoms with Crippen LogP contribution in [0.25, 0.3) is 0 Å². The molecule has 1 atom stereocenters. The number of aliphatic hydroxyl groups is 1. The average Bonchev–Trinajstić information content (AvgIpc) is 2.77. The summed E-state index contributed by atoms with van der Waals surface area (Å²) in [5, 5.41) is 13.2. The van der Waals surface area contributed by atoms with E-state index >= 15 is 0 Å². The number of methoxy groups -OCH3 is 2. The third-order valence-electron chi connectivity index (χ3n) is 3.78. The van der Waals surface area contributed by atoms with E-state index in [0.717, 1.165) is 49.7 Å². The summed E-state index contributed by atoms with van der Waals surface area (Å²) in [5.41, 5.74) is 0.983. The fraction of sp³-hybridized carbons (Fsp3) is 0.600. The molecule has 1 aromatic rings. The van der Waals surface area contributed by atoms with Gasteiger partial charge >= 0.3 is 0 Å². The third kappa shape index (κ3) is 3.42. The molecule has 112 valence electrons. The predicted octanol–water partition coefficient (Wildman–Crippen LogP) is 1.03. The van der Waals surface area contributed by atoms with Crippen LogP contribution < -0.4 is 14.8 Å². The SMILES string of the molecule is COc1ccc(OC)c(C(CO)N2CCCNCC2)c1. The summed E-state index contributed by atoms with van der Waals surface area (Å²) in [4.78, 5) is 2.30. The van der Waals surface area contributed by atoms with Crippen LogP contribution in [-0.4, -0.2) is 57.0 Å². The minimum atomic E-state index is -0.0556. The van der Waals surface area contributed by atoms with E-state index < -0.39 is 0 Å². The zero-order valence-corrected chi connectivity index (χ0v) is 12.3. The first-order chi connectivity index (χ1) is 9.80. The number of ether oxygens (including phenoxy) is 2. The molecular weight excluding hydrogens is 256 g/mol. The Morgan fingerprint density at radius 2 is 2.10 bits per heavy atom. The molecule has 1 unspecified atom stereocenters. The second-order valence-corrected chi connectivity index (χ2v) is 4.95. The number of hydrogen-bond acceptors (Lipinski definition) is 5. The Balaban J connectivity index is 2.28. The molecule has 0 radical (unpaired) electrons. The van der Waals surface area contributed by atoms with Crippen molar-refractivity contribution in [2.24, 2.45) is 0 Å². The molecule has 5 nitrogen and oxygen atoms in total. The molecule has 0 aromatic heterocycles. The first kappa shape index (κ1) is 15.1. The number of hydrogen-bond donors (Lipinski definition) is 2. The lowest BCUT2D eigenvalue weighted by atomic mass is 10.0. The Morgan fingerprint density at radius 3 is 2.80 bits per heavy atom. The van der Waals surface area contributed by atoms with E-state index in [1.165, 1.54) is 0 Å². The van der Waals surface area contributed by atoms with Crippen molar-refractivity contribution in [1.82, 2.24) is 10.2 Å². The number of aliphatic hydroxyl groups excluding tert-OH is 1. The molecule has 5 heteroatoms. The maximum Gasteiger partial charge on any atom is 0.124 e. The highest BCUT2D eigenvalue weighted by Crippen LogP contribution is 2.32. The maximum atomic E-state index is 9.85. The van der Waals surface area contributed by atoms with Crippen LogP contribution in [-0.2, 0) is 0 Å². The van der Waals surface area contributed by atoms with E-state index in [9.17, 15) is 5.11 Å². The summed E-state index contributed by atoms with van der Waals surface area (Å²) < 4.78 is 10.7. The Hall–Kier alpha value is -1.30. The minimum Gasteiger partial charge on any atom is -0.497 e. The summed E-state index contributed by atoms with van der Waals surface area (Å²) in [5.74, 6) is 1.58. The van der Waals surface area contributed by atoms with Crippen molar-refractivity contribution in [3.05, 3.63) is 23.8 Å². The van der Waals surface area contributed by atoms with Crippen molar-refractivity contribution in [3.8, 4) is 11.5 Å². The van der Waals surface area contributed by atoms with Crippen LogP contribution in [0, 0.1) is 0 Å². The summed E-state index contributed by atoms with van der Waals surface area (Å²) in [6.45, 7) is 3.94. The van der Waals surface area contributed by atoms with Crippen LogP contribution >= 0.6 is 0 Å². The van der Waals surface area contributed by atoms with E-state index in [0.29, 0.717) is 0 Å².